The summed E-state index contributed by atoms with van der Waals surface area (Å²) in [6.07, 6.45) is 0. The van der Waals surface area contributed by atoms with E-state index < -0.39 is 27.1 Å². The highest BCUT2D eigenvalue weighted by Crippen LogP contribution is 2.60. The molecule has 2 rings (SSSR count). The molecule has 2 aromatic carbocycles. The standard InChI is InChI=1S/C38H72N12P2/c1-13-45(14-2)51(46(15-3)16-4,47(17-5)18-6)43-41-39-37(35-31-27-25-28-32-35)38(36-33-29-26-30-34-36)40-42-44-52(48(19-7)20-8,49(21-9)22-10)50(23-11)24-12/h25-34,37-38H,13-24H2,1-12H3/t37-,38-/m0/s1. The van der Waals surface area contributed by atoms with Gasteiger partial charge in [-0.1, -0.05) is 144 Å². The topological polar surface area (TPSA) is 93.6 Å². The van der Waals surface area contributed by atoms with Crippen molar-refractivity contribution >= 4 is 15.0 Å². The average molecular weight is 759 g/mol. The largest absolute Gasteiger partial charge is 0.245 e. The van der Waals surface area contributed by atoms with Gasteiger partial charge in [0.1, 0.15) is 12.1 Å². The van der Waals surface area contributed by atoms with Crippen LogP contribution in [-0.2, 0) is 0 Å². The zero-order chi connectivity index (χ0) is 38.6. The number of hydrogen-bond donors (Lipinski definition) is 0. The van der Waals surface area contributed by atoms with Crippen LogP contribution in [0, 0.1) is 0 Å². The Hall–Kier alpha value is -2.14. The van der Waals surface area contributed by atoms with E-state index in [0.29, 0.717) is 0 Å². The van der Waals surface area contributed by atoms with Crippen molar-refractivity contribution in [3.8, 4) is 0 Å². The summed E-state index contributed by atoms with van der Waals surface area (Å²) in [5.41, 5.74) is 2.01. The van der Waals surface area contributed by atoms with E-state index in [9.17, 15) is 0 Å². The van der Waals surface area contributed by atoms with Crippen LogP contribution in [0.25, 0.3) is 0 Å². The Morgan fingerprint density at radius 2 is 0.577 bits per heavy atom. The van der Waals surface area contributed by atoms with Crippen molar-refractivity contribution in [3.05, 3.63) is 71.8 Å². The predicted octanol–water partition coefficient (Wildman–Crippen LogP) is 11.1. The molecule has 14 heteroatoms. The minimum absolute atomic E-state index is 0.471. The molecule has 2 aromatic rings. The SMILES string of the molecule is CCN(CC)P(=NN=N[C@@H](c1ccccc1)[C@@H](N=NN=P(N(CC)CC)(N(CC)CC)N(CC)CC)c1ccccc1)(N(CC)CC)N(CC)CC. The molecule has 0 amide bonds. The van der Waals surface area contributed by atoms with Crippen LogP contribution in [0.15, 0.2) is 91.0 Å². The quantitative estimate of drug-likeness (QED) is 0.0568. The molecule has 0 aliphatic rings. The molecule has 0 bridgehead atoms. The predicted molar refractivity (Wildman–Crippen MR) is 224 cm³/mol. The van der Waals surface area contributed by atoms with E-state index in [1.807, 2.05) is 12.1 Å². The van der Waals surface area contributed by atoms with Crippen LogP contribution in [0.5, 0.6) is 0 Å². The summed E-state index contributed by atoms with van der Waals surface area (Å²) < 4.78 is 15.0. The van der Waals surface area contributed by atoms with Gasteiger partial charge < -0.3 is 0 Å². The first kappa shape index (κ1) is 46.0. The molecule has 0 aliphatic heterocycles. The van der Waals surface area contributed by atoms with E-state index in [0.717, 1.165) is 89.7 Å². The Labute approximate surface area is 318 Å². The van der Waals surface area contributed by atoms with E-state index in [2.05, 4.69) is 160 Å². The molecule has 12 nitrogen and oxygen atoms in total. The first-order valence-electron chi connectivity index (χ1n) is 19.9. The molecule has 52 heavy (non-hydrogen) atoms. The van der Waals surface area contributed by atoms with E-state index in [-0.39, 0.29) is 0 Å². The average Bonchev–Trinajstić information content (AvgIpc) is 3.18. The maximum absolute atomic E-state index is 5.32. The number of rotatable bonds is 25. The summed E-state index contributed by atoms with van der Waals surface area (Å²) in [4.78, 5) is 10.6. The molecular formula is C38H72N12P2. The van der Waals surface area contributed by atoms with Gasteiger partial charge in [-0.3, -0.25) is 0 Å². The number of benzene rings is 2. The maximum atomic E-state index is 5.32. The minimum Gasteiger partial charge on any atom is -0.245 e. The molecule has 0 N–H and O–H groups in total. The maximum Gasteiger partial charge on any atom is 0.195 e. The molecule has 0 aromatic heterocycles. The third-order valence-electron chi connectivity index (χ3n) is 9.91. The van der Waals surface area contributed by atoms with Crippen LogP contribution in [0.4, 0.5) is 0 Å². The highest BCUT2D eigenvalue weighted by molar-refractivity contribution is 7.59. The molecule has 0 spiro atoms. The first-order valence-corrected chi connectivity index (χ1v) is 23.1. The van der Waals surface area contributed by atoms with Crippen molar-refractivity contribution in [2.24, 2.45) is 30.4 Å². The smallest absolute Gasteiger partial charge is 0.195 e. The lowest BCUT2D eigenvalue weighted by atomic mass is 9.95. The number of hydrogen-bond acceptors (Lipinski definition) is 2. The second-order valence-corrected chi connectivity index (χ2v) is 18.1. The lowest BCUT2D eigenvalue weighted by Gasteiger charge is -2.47. The van der Waals surface area contributed by atoms with Crippen molar-refractivity contribution in [3.63, 3.8) is 0 Å². The van der Waals surface area contributed by atoms with Gasteiger partial charge in [-0.15, -0.1) is 9.71 Å². The molecule has 0 aliphatic carbocycles. The fourth-order valence-electron chi connectivity index (χ4n) is 7.22. The molecule has 0 saturated carbocycles. The highest BCUT2D eigenvalue weighted by atomic mass is 31.2. The Bertz CT molecular complexity index is 1210. The normalized spacial score (nSPS) is 14.3. The van der Waals surface area contributed by atoms with Crippen LogP contribution in [0.2, 0.25) is 0 Å². The lowest BCUT2D eigenvalue weighted by Crippen LogP contribution is -2.41. The fraction of sp³-hybridized carbons (Fsp3) is 0.684. The molecule has 0 unspecified atom stereocenters. The molecule has 0 heterocycles. The molecule has 0 radical (unpaired) electrons. The van der Waals surface area contributed by atoms with Gasteiger partial charge in [-0.25, -0.2) is 28.0 Å². The van der Waals surface area contributed by atoms with Crippen molar-refractivity contribution in [1.29, 1.82) is 0 Å². The van der Waals surface area contributed by atoms with Crippen LogP contribution >= 0.6 is 15.0 Å². The van der Waals surface area contributed by atoms with Crippen molar-refractivity contribution in [1.82, 2.24) is 28.0 Å². The van der Waals surface area contributed by atoms with Gasteiger partial charge in [0.05, 0.1) is 0 Å². The van der Waals surface area contributed by atoms with E-state index in [4.69, 9.17) is 30.4 Å². The van der Waals surface area contributed by atoms with Gasteiger partial charge in [0.25, 0.3) is 0 Å². The van der Waals surface area contributed by atoms with E-state index in [1.54, 1.807) is 0 Å². The van der Waals surface area contributed by atoms with Gasteiger partial charge in [0.15, 0.2) is 15.0 Å². The Kier molecular flexibility index (Phi) is 21.5. The second kappa shape index (κ2) is 24.3. The van der Waals surface area contributed by atoms with Crippen molar-refractivity contribution < 1.29 is 0 Å². The lowest BCUT2D eigenvalue weighted by molar-refractivity contribution is 0.337. The van der Waals surface area contributed by atoms with Gasteiger partial charge >= 0.3 is 0 Å². The molecule has 0 saturated heterocycles. The summed E-state index contributed by atoms with van der Waals surface area (Å²) in [5.74, 6) is 0. The first-order chi connectivity index (χ1) is 25.3. The van der Waals surface area contributed by atoms with Crippen LogP contribution in [-0.4, -0.2) is 107 Å². The highest BCUT2D eigenvalue weighted by Gasteiger charge is 2.39. The fourth-order valence-corrected chi connectivity index (χ4v) is 14.9. The Morgan fingerprint density at radius 1 is 0.365 bits per heavy atom. The van der Waals surface area contributed by atoms with Crippen molar-refractivity contribution in [2.45, 2.75) is 95.2 Å². The van der Waals surface area contributed by atoms with Crippen LogP contribution < -0.4 is 0 Å². The third-order valence-corrected chi connectivity index (χ3v) is 18.5. The van der Waals surface area contributed by atoms with Crippen molar-refractivity contribution in [2.75, 3.05) is 78.5 Å². The molecule has 2 atom stereocenters. The van der Waals surface area contributed by atoms with Crippen LogP contribution in [0.1, 0.15) is 106 Å². The molecule has 0 fully saturated rings. The van der Waals surface area contributed by atoms with Gasteiger partial charge in [-0.05, 0) is 21.6 Å². The summed E-state index contributed by atoms with van der Waals surface area (Å²) in [6, 6.07) is 19.7. The second-order valence-electron chi connectivity index (χ2n) is 12.2. The Balaban J connectivity index is 3.03. The zero-order valence-corrected chi connectivity index (χ0v) is 36.5. The Morgan fingerprint density at radius 3 is 0.769 bits per heavy atom. The molecular weight excluding hydrogens is 686 g/mol. The van der Waals surface area contributed by atoms with E-state index >= 15 is 0 Å². The third kappa shape index (κ3) is 10.5. The zero-order valence-electron chi connectivity index (χ0n) is 34.7. The summed E-state index contributed by atoms with van der Waals surface area (Å²) in [7, 11) is -4.79. The monoisotopic (exact) mass is 759 g/mol. The minimum atomic E-state index is -2.39. The van der Waals surface area contributed by atoms with E-state index in [1.165, 1.54) is 0 Å². The van der Waals surface area contributed by atoms with Gasteiger partial charge in [-0.2, -0.15) is 10.2 Å². The summed E-state index contributed by atoms with van der Waals surface area (Å²) in [5, 5.41) is 20.0. The summed E-state index contributed by atoms with van der Waals surface area (Å²) in [6.45, 7) is 37.1. The number of nitrogens with zero attached hydrogens (tertiary/aromatic N) is 12. The van der Waals surface area contributed by atoms with Gasteiger partial charge in [0.2, 0.25) is 0 Å². The summed E-state index contributed by atoms with van der Waals surface area (Å²) >= 11 is 0. The van der Waals surface area contributed by atoms with Gasteiger partial charge in [0, 0.05) is 78.5 Å². The molecule has 294 valence electrons. The van der Waals surface area contributed by atoms with Crippen LogP contribution in [0.3, 0.4) is 0 Å².